The molecule has 0 aromatic rings. The third-order valence-electron chi connectivity index (χ3n) is 3.24. The second-order valence-corrected chi connectivity index (χ2v) is 5.36. The lowest BCUT2D eigenvalue weighted by Gasteiger charge is -2.41. The molecule has 0 spiro atoms. The second kappa shape index (κ2) is 7.73. The summed E-state index contributed by atoms with van der Waals surface area (Å²) in [6, 6.07) is -0.292. The van der Waals surface area contributed by atoms with Crippen molar-refractivity contribution < 1.29 is 24.1 Å². The number of aliphatic hydroxyl groups is 1. The molecule has 1 aliphatic heterocycles. The Labute approximate surface area is 119 Å². The van der Waals surface area contributed by atoms with Crippen molar-refractivity contribution in [2.75, 3.05) is 19.8 Å². The summed E-state index contributed by atoms with van der Waals surface area (Å²) in [6.07, 6.45) is 1.92. The molecule has 6 heteroatoms. The summed E-state index contributed by atoms with van der Waals surface area (Å²) in [4.78, 5) is 12.1. The van der Waals surface area contributed by atoms with Crippen LogP contribution in [0.2, 0.25) is 0 Å². The Morgan fingerprint density at radius 1 is 1.65 bits per heavy atom. The Morgan fingerprint density at radius 3 is 2.95 bits per heavy atom. The zero-order valence-corrected chi connectivity index (χ0v) is 12.2. The van der Waals surface area contributed by atoms with E-state index in [-0.39, 0.29) is 25.2 Å². The quantitative estimate of drug-likeness (QED) is 0.526. The molecule has 1 rings (SSSR count). The topological polar surface area (TPSA) is 91.0 Å². The molecule has 3 unspecified atom stereocenters. The van der Waals surface area contributed by atoms with Crippen LogP contribution in [0, 0.1) is 5.92 Å². The first-order valence-electron chi connectivity index (χ1n) is 6.87. The molecule has 0 aromatic heterocycles. The number of carbonyl (C=O) groups is 1. The van der Waals surface area contributed by atoms with Crippen molar-refractivity contribution in [1.82, 2.24) is 0 Å². The van der Waals surface area contributed by atoms with E-state index in [1.165, 1.54) is 6.08 Å². The molecule has 0 bridgehead atoms. The van der Waals surface area contributed by atoms with Crippen molar-refractivity contribution in [1.29, 1.82) is 0 Å². The van der Waals surface area contributed by atoms with Crippen molar-refractivity contribution in [3.05, 3.63) is 12.7 Å². The van der Waals surface area contributed by atoms with E-state index >= 15 is 0 Å². The van der Waals surface area contributed by atoms with Gasteiger partial charge in [0.25, 0.3) is 0 Å². The number of hydrogen-bond donors (Lipinski definition) is 2. The highest BCUT2D eigenvalue weighted by atomic mass is 16.7. The van der Waals surface area contributed by atoms with Gasteiger partial charge in [-0.15, -0.1) is 0 Å². The van der Waals surface area contributed by atoms with Gasteiger partial charge in [0, 0.05) is 18.6 Å². The number of esters is 1. The first kappa shape index (κ1) is 17.1. The molecule has 0 aromatic carbocycles. The summed E-state index contributed by atoms with van der Waals surface area (Å²) in [5, 5.41) is 8.87. The minimum Gasteiger partial charge on any atom is -0.460 e. The van der Waals surface area contributed by atoms with Gasteiger partial charge in [-0.1, -0.05) is 12.7 Å². The van der Waals surface area contributed by atoms with Gasteiger partial charge in [-0.3, -0.25) is 0 Å². The summed E-state index contributed by atoms with van der Waals surface area (Å²) >= 11 is 0. The van der Waals surface area contributed by atoms with Gasteiger partial charge in [0.05, 0.1) is 6.61 Å². The number of rotatable bonds is 7. The zero-order valence-electron chi connectivity index (χ0n) is 12.2. The average molecular weight is 287 g/mol. The molecule has 0 radical (unpaired) electrons. The largest absolute Gasteiger partial charge is 0.460 e. The minimum atomic E-state index is -0.842. The number of ether oxygens (including phenoxy) is 3. The van der Waals surface area contributed by atoms with Crippen LogP contribution in [-0.4, -0.2) is 48.8 Å². The van der Waals surface area contributed by atoms with Crippen molar-refractivity contribution in [3.63, 3.8) is 0 Å². The molecule has 3 N–H and O–H groups in total. The van der Waals surface area contributed by atoms with Gasteiger partial charge < -0.3 is 25.1 Å². The Morgan fingerprint density at radius 2 is 2.35 bits per heavy atom. The van der Waals surface area contributed by atoms with Crippen LogP contribution >= 0.6 is 0 Å². The third-order valence-corrected chi connectivity index (χ3v) is 3.24. The Kier molecular flexibility index (Phi) is 6.61. The average Bonchev–Trinajstić information content (AvgIpc) is 2.41. The fourth-order valence-corrected chi connectivity index (χ4v) is 2.15. The van der Waals surface area contributed by atoms with E-state index < -0.39 is 17.9 Å². The first-order valence-corrected chi connectivity index (χ1v) is 6.87. The molecular formula is C14H25NO5. The Balaban J connectivity index is 2.73. The van der Waals surface area contributed by atoms with Crippen LogP contribution in [0.1, 0.15) is 26.7 Å². The van der Waals surface area contributed by atoms with Crippen molar-refractivity contribution in [2.24, 2.45) is 11.7 Å². The van der Waals surface area contributed by atoms with Gasteiger partial charge in [-0.05, 0) is 26.7 Å². The highest BCUT2D eigenvalue weighted by Gasteiger charge is 2.43. The third kappa shape index (κ3) is 4.86. The number of nitrogens with two attached hydrogens (primary N) is 1. The SMILES string of the molecule is C=CCOC(=O)C1OC(C)(C)OCC1C(N)CCCO. The predicted octanol–water partition coefficient (Wildman–Crippen LogP) is 0.583. The molecule has 1 saturated heterocycles. The summed E-state index contributed by atoms with van der Waals surface area (Å²) < 4.78 is 16.3. The smallest absolute Gasteiger partial charge is 0.336 e. The monoisotopic (exact) mass is 287 g/mol. The lowest BCUT2D eigenvalue weighted by Crippen LogP contribution is -2.55. The molecule has 1 aliphatic rings. The molecule has 6 nitrogen and oxygen atoms in total. The van der Waals surface area contributed by atoms with Crippen molar-refractivity contribution in [3.8, 4) is 0 Å². The van der Waals surface area contributed by atoms with E-state index in [2.05, 4.69) is 6.58 Å². The highest BCUT2D eigenvalue weighted by molar-refractivity contribution is 5.75. The van der Waals surface area contributed by atoms with Gasteiger partial charge in [0.2, 0.25) is 0 Å². The maximum Gasteiger partial charge on any atom is 0.336 e. The molecule has 116 valence electrons. The summed E-state index contributed by atoms with van der Waals surface area (Å²) in [7, 11) is 0. The van der Waals surface area contributed by atoms with Gasteiger partial charge >= 0.3 is 5.97 Å². The van der Waals surface area contributed by atoms with Crippen LogP contribution in [0.25, 0.3) is 0 Å². The summed E-state index contributed by atoms with van der Waals surface area (Å²) in [5.41, 5.74) is 6.08. The fraction of sp³-hybridized carbons (Fsp3) is 0.786. The van der Waals surface area contributed by atoms with E-state index in [0.29, 0.717) is 19.4 Å². The first-order chi connectivity index (χ1) is 9.41. The molecular weight excluding hydrogens is 262 g/mol. The van der Waals surface area contributed by atoms with Crippen LogP contribution in [0.5, 0.6) is 0 Å². The van der Waals surface area contributed by atoms with E-state index in [0.717, 1.165) is 0 Å². The van der Waals surface area contributed by atoms with Crippen LogP contribution < -0.4 is 5.73 Å². The van der Waals surface area contributed by atoms with Crippen molar-refractivity contribution >= 4 is 5.97 Å². The predicted molar refractivity (Wildman–Crippen MR) is 73.8 cm³/mol. The van der Waals surface area contributed by atoms with E-state index in [4.69, 9.17) is 25.1 Å². The van der Waals surface area contributed by atoms with E-state index in [1.54, 1.807) is 13.8 Å². The lowest BCUT2D eigenvalue weighted by molar-refractivity contribution is -0.293. The Bertz CT molecular complexity index is 332. The maximum absolute atomic E-state index is 12.1. The molecule has 0 saturated carbocycles. The van der Waals surface area contributed by atoms with E-state index in [1.807, 2.05) is 0 Å². The van der Waals surface area contributed by atoms with Gasteiger partial charge in [-0.25, -0.2) is 4.79 Å². The molecule has 20 heavy (non-hydrogen) atoms. The maximum atomic E-state index is 12.1. The van der Waals surface area contributed by atoms with Gasteiger partial charge in [0.15, 0.2) is 11.9 Å². The summed E-state index contributed by atoms with van der Waals surface area (Å²) in [5.74, 6) is -1.58. The number of hydrogen-bond acceptors (Lipinski definition) is 6. The van der Waals surface area contributed by atoms with Crippen LogP contribution in [-0.2, 0) is 19.0 Å². The van der Waals surface area contributed by atoms with Gasteiger partial charge in [0.1, 0.15) is 6.61 Å². The molecule has 0 amide bonds. The number of aliphatic hydroxyl groups excluding tert-OH is 1. The fourth-order valence-electron chi connectivity index (χ4n) is 2.15. The van der Waals surface area contributed by atoms with Crippen LogP contribution in [0.3, 0.4) is 0 Å². The Hall–Kier alpha value is -0.950. The van der Waals surface area contributed by atoms with E-state index in [9.17, 15) is 4.79 Å². The van der Waals surface area contributed by atoms with Crippen LogP contribution in [0.4, 0.5) is 0 Å². The van der Waals surface area contributed by atoms with Crippen molar-refractivity contribution in [2.45, 2.75) is 44.6 Å². The second-order valence-electron chi connectivity index (χ2n) is 5.36. The zero-order chi connectivity index (χ0) is 15.2. The standard InChI is InChI=1S/C14H25NO5/c1-4-8-18-13(17)12-10(11(15)6-5-7-16)9-19-14(2,3)20-12/h4,10-12,16H,1,5-9,15H2,2-3H3. The number of carbonyl (C=O) groups excluding carboxylic acids is 1. The van der Waals surface area contributed by atoms with Crippen LogP contribution in [0.15, 0.2) is 12.7 Å². The normalized spacial score (nSPS) is 26.8. The highest BCUT2D eigenvalue weighted by Crippen LogP contribution is 2.29. The minimum absolute atomic E-state index is 0.0687. The van der Waals surface area contributed by atoms with Gasteiger partial charge in [-0.2, -0.15) is 0 Å². The molecule has 1 heterocycles. The lowest BCUT2D eigenvalue weighted by atomic mass is 9.90. The summed E-state index contributed by atoms with van der Waals surface area (Å²) in [6.45, 7) is 7.53. The molecule has 1 fully saturated rings. The molecule has 0 aliphatic carbocycles. The molecule has 3 atom stereocenters.